The highest BCUT2D eigenvalue weighted by Gasteiger charge is 2.32. The van der Waals surface area contributed by atoms with E-state index in [1.807, 2.05) is 7.11 Å². The Morgan fingerprint density at radius 3 is 2.55 bits per heavy atom. The van der Waals surface area contributed by atoms with Crippen LogP contribution in [0.3, 0.4) is 0 Å². The van der Waals surface area contributed by atoms with Gasteiger partial charge in [-0.05, 0) is 49.6 Å². The number of hydrogen-bond acceptors (Lipinski definition) is 3. The summed E-state index contributed by atoms with van der Waals surface area (Å²) in [5.74, 6) is 1.48. The second-order valence-corrected chi connectivity index (χ2v) is 7.08. The minimum absolute atomic E-state index is 0.441. The quantitative estimate of drug-likeness (QED) is 0.667. The summed E-state index contributed by atoms with van der Waals surface area (Å²) in [6.07, 6.45) is 3.83. The Hall–Kier alpha value is -0.120. The lowest BCUT2D eigenvalue weighted by molar-refractivity contribution is 0.130. The van der Waals surface area contributed by atoms with E-state index < -0.39 is 0 Å². The molecule has 0 aromatic rings. The Bertz CT molecular complexity index is 251. The van der Waals surface area contributed by atoms with Crippen molar-refractivity contribution in [2.45, 2.75) is 47.0 Å². The standard InChI is InChI=1S/C17H36N2O/c1-6-17(7-2,13-18-10-15(3)4)14-19-9-8-16(11-19)12-20-5/h15-16,18H,6-14H2,1-5H3. The van der Waals surface area contributed by atoms with Crippen molar-refractivity contribution in [2.24, 2.45) is 17.3 Å². The molecule has 20 heavy (non-hydrogen) atoms. The van der Waals surface area contributed by atoms with Gasteiger partial charge in [-0.3, -0.25) is 0 Å². The number of rotatable bonds is 10. The normalized spacial score (nSPS) is 21.0. The van der Waals surface area contributed by atoms with Gasteiger partial charge >= 0.3 is 0 Å². The van der Waals surface area contributed by atoms with Crippen molar-refractivity contribution in [3.63, 3.8) is 0 Å². The average Bonchev–Trinajstić information content (AvgIpc) is 2.85. The minimum Gasteiger partial charge on any atom is -0.384 e. The van der Waals surface area contributed by atoms with Crippen molar-refractivity contribution in [1.82, 2.24) is 10.2 Å². The predicted molar refractivity (Wildman–Crippen MR) is 87.1 cm³/mol. The molecular formula is C17H36N2O. The molecule has 1 heterocycles. The zero-order valence-electron chi connectivity index (χ0n) is 14.4. The molecule has 0 spiro atoms. The van der Waals surface area contributed by atoms with Crippen LogP contribution in [0.2, 0.25) is 0 Å². The number of hydrogen-bond donors (Lipinski definition) is 1. The van der Waals surface area contributed by atoms with Gasteiger partial charge < -0.3 is 15.0 Å². The molecule has 1 aliphatic rings. The van der Waals surface area contributed by atoms with Crippen LogP contribution in [-0.2, 0) is 4.74 Å². The summed E-state index contributed by atoms with van der Waals surface area (Å²) < 4.78 is 5.31. The van der Waals surface area contributed by atoms with Gasteiger partial charge in [0, 0.05) is 26.7 Å². The molecule has 0 bridgehead atoms. The van der Waals surface area contributed by atoms with Crippen molar-refractivity contribution in [3.05, 3.63) is 0 Å². The second kappa shape index (κ2) is 9.01. The third-order valence-electron chi connectivity index (χ3n) is 4.88. The van der Waals surface area contributed by atoms with Gasteiger partial charge in [0.2, 0.25) is 0 Å². The highest BCUT2D eigenvalue weighted by atomic mass is 16.5. The van der Waals surface area contributed by atoms with Crippen molar-refractivity contribution < 1.29 is 4.74 Å². The van der Waals surface area contributed by atoms with Gasteiger partial charge in [0.05, 0.1) is 6.61 Å². The molecule has 3 heteroatoms. The zero-order chi connectivity index (χ0) is 15.0. The first-order valence-electron chi connectivity index (χ1n) is 8.47. The first kappa shape index (κ1) is 17.9. The molecule has 3 nitrogen and oxygen atoms in total. The molecule has 1 atom stereocenters. The van der Waals surface area contributed by atoms with Crippen LogP contribution >= 0.6 is 0 Å². The molecule has 0 aliphatic carbocycles. The highest BCUT2D eigenvalue weighted by Crippen LogP contribution is 2.29. The Morgan fingerprint density at radius 1 is 1.30 bits per heavy atom. The van der Waals surface area contributed by atoms with E-state index in [2.05, 4.69) is 37.9 Å². The summed E-state index contributed by atoms with van der Waals surface area (Å²) >= 11 is 0. The van der Waals surface area contributed by atoms with Crippen LogP contribution in [-0.4, -0.2) is 51.3 Å². The van der Waals surface area contributed by atoms with Crippen molar-refractivity contribution in [2.75, 3.05) is 46.4 Å². The summed E-state index contributed by atoms with van der Waals surface area (Å²) in [5.41, 5.74) is 0.441. The summed E-state index contributed by atoms with van der Waals surface area (Å²) in [5, 5.41) is 3.69. The fraction of sp³-hybridized carbons (Fsp3) is 1.00. The lowest BCUT2D eigenvalue weighted by Crippen LogP contribution is -2.43. The highest BCUT2D eigenvalue weighted by molar-refractivity contribution is 4.86. The molecule has 1 saturated heterocycles. The first-order valence-corrected chi connectivity index (χ1v) is 8.47. The Balaban J connectivity index is 2.45. The Kier molecular flexibility index (Phi) is 8.08. The predicted octanol–water partition coefficient (Wildman–Crippen LogP) is 3.01. The van der Waals surface area contributed by atoms with E-state index in [0.29, 0.717) is 5.41 Å². The van der Waals surface area contributed by atoms with Crippen molar-refractivity contribution >= 4 is 0 Å². The molecule has 0 aromatic heterocycles. The van der Waals surface area contributed by atoms with E-state index in [1.165, 1.54) is 38.9 Å². The van der Waals surface area contributed by atoms with Gasteiger partial charge in [0.1, 0.15) is 0 Å². The van der Waals surface area contributed by atoms with E-state index in [4.69, 9.17) is 4.74 Å². The first-order chi connectivity index (χ1) is 9.55. The smallest absolute Gasteiger partial charge is 0.0503 e. The van der Waals surface area contributed by atoms with Gasteiger partial charge in [-0.2, -0.15) is 0 Å². The lowest BCUT2D eigenvalue weighted by atomic mass is 9.81. The Labute approximate surface area is 126 Å². The van der Waals surface area contributed by atoms with Crippen molar-refractivity contribution in [1.29, 1.82) is 0 Å². The van der Waals surface area contributed by atoms with Crippen LogP contribution < -0.4 is 5.32 Å². The van der Waals surface area contributed by atoms with E-state index >= 15 is 0 Å². The molecule has 1 aliphatic heterocycles. The number of nitrogens with zero attached hydrogens (tertiary/aromatic N) is 1. The molecule has 0 amide bonds. The molecule has 1 unspecified atom stereocenters. The molecule has 1 N–H and O–H groups in total. The van der Waals surface area contributed by atoms with E-state index in [0.717, 1.165) is 31.5 Å². The number of nitrogens with one attached hydrogen (secondary N) is 1. The molecule has 120 valence electrons. The van der Waals surface area contributed by atoms with Crippen LogP contribution in [0.15, 0.2) is 0 Å². The van der Waals surface area contributed by atoms with Crippen LogP contribution in [0.4, 0.5) is 0 Å². The van der Waals surface area contributed by atoms with Crippen molar-refractivity contribution in [3.8, 4) is 0 Å². The molecule has 0 aromatic carbocycles. The van der Waals surface area contributed by atoms with Gasteiger partial charge in [-0.15, -0.1) is 0 Å². The third kappa shape index (κ3) is 5.71. The fourth-order valence-electron chi connectivity index (χ4n) is 3.31. The molecular weight excluding hydrogens is 248 g/mol. The van der Waals surface area contributed by atoms with Gasteiger partial charge in [0.15, 0.2) is 0 Å². The monoisotopic (exact) mass is 284 g/mol. The minimum atomic E-state index is 0.441. The van der Waals surface area contributed by atoms with E-state index in [1.54, 1.807) is 0 Å². The maximum atomic E-state index is 5.31. The second-order valence-electron chi connectivity index (χ2n) is 7.08. The van der Waals surface area contributed by atoms with Gasteiger partial charge in [-0.1, -0.05) is 27.7 Å². The van der Waals surface area contributed by atoms with Crippen LogP contribution in [0, 0.1) is 17.3 Å². The maximum absolute atomic E-state index is 5.31. The molecule has 1 rings (SSSR count). The number of methoxy groups -OCH3 is 1. The van der Waals surface area contributed by atoms with Crippen LogP contribution in [0.25, 0.3) is 0 Å². The van der Waals surface area contributed by atoms with Gasteiger partial charge in [-0.25, -0.2) is 0 Å². The van der Waals surface area contributed by atoms with E-state index in [-0.39, 0.29) is 0 Å². The molecule has 0 saturated carbocycles. The topological polar surface area (TPSA) is 24.5 Å². The fourth-order valence-corrected chi connectivity index (χ4v) is 3.31. The number of ether oxygens (including phenoxy) is 1. The largest absolute Gasteiger partial charge is 0.384 e. The maximum Gasteiger partial charge on any atom is 0.0503 e. The summed E-state index contributed by atoms with van der Waals surface area (Å²) in [4.78, 5) is 2.66. The summed E-state index contributed by atoms with van der Waals surface area (Å²) in [7, 11) is 1.82. The number of likely N-dealkylation sites (tertiary alicyclic amines) is 1. The van der Waals surface area contributed by atoms with Crippen LogP contribution in [0.1, 0.15) is 47.0 Å². The average molecular weight is 284 g/mol. The third-order valence-corrected chi connectivity index (χ3v) is 4.88. The van der Waals surface area contributed by atoms with Crippen LogP contribution in [0.5, 0.6) is 0 Å². The molecule has 1 fully saturated rings. The molecule has 0 radical (unpaired) electrons. The van der Waals surface area contributed by atoms with Gasteiger partial charge in [0.25, 0.3) is 0 Å². The van der Waals surface area contributed by atoms with E-state index in [9.17, 15) is 0 Å². The zero-order valence-corrected chi connectivity index (χ0v) is 14.4. The Morgan fingerprint density at radius 2 is 2.00 bits per heavy atom. The summed E-state index contributed by atoms with van der Waals surface area (Å²) in [6, 6.07) is 0. The lowest BCUT2D eigenvalue weighted by Gasteiger charge is -2.36. The SMILES string of the molecule is CCC(CC)(CNCC(C)C)CN1CCC(COC)C1. The summed E-state index contributed by atoms with van der Waals surface area (Å²) in [6.45, 7) is 16.2.